The molecule has 1 fully saturated rings. The summed E-state index contributed by atoms with van der Waals surface area (Å²) in [5.41, 5.74) is -2.85. The van der Waals surface area contributed by atoms with Crippen molar-refractivity contribution in [1.82, 2.24) is 5.32 Å². The first-order valence-corrected chi connectivity index (χ1v) is 7.92. The van der Waals surface area contributed by atoms with Gasteiger partial charge in [0.05, 0.1) is 6.61 Å². The van der Waals surface area contributed by atoms with Gasteiger partial charge in [-0.15, -0.1) is 0 Å². The predicted molar refractivity (Wildman–Crippen MR) is 85.3 cm³/mol. The van der Waals surface area contributed by atoms with Crippen LogP contribution in [0.4, 0.5) is 8.78 Å². The lowest BCUT2D eigenvalue weighted by Gasteiger charge is -2.40. The molecule has 0 aliphatic carbocycles. The smallest absolute Gasteiger partial charge is 0.349 e. The minimum atomic E-state index is -1.83. The molecular formula is C16H15F2NO9. The number of phenolic OH excluding ortho intramolecular Hbond substituents is 1. The van der Waals surface area contributed by atoms with E-state index in [0.717, 1.165) is 6.07 Å². The van der Waals surface area contributed by atoms with Crippen molar-refractivity contribution in [2.75, 3.05) is 6.61 Å². The Morgan fingerprint density at radius 2 is 1.86 bits per heavy atom. The summed E-state index contributed by atoms with van der Waals surface area (Å²) in [6.45, 7) is -0.714. The van der Waals surface area contributed by atoms with Gasteiger partial charge in [-0.2, -0.15) is 4.39 Å². The fraction of sp³-hybridized carbons (Fsp3) is 0.375. The number of hydrogen-bond acceptors (Lipinski definition) is 9. The zero-order chi connectivity index (χ0) is 20.7. The topological polar surface area (TPSA) is 170 Å². The molecular weight excluding hydrogens is 388 g/mol. The molecule has 1 amide bonds. The largest absolute Gasteiger partial charge is 0.503 e. The third kappa shape index (κ3) is 3.31. The molecule has 0 radical (unpaired) electrons. The molecule has 12 heteroatoms. The molecule has 4 unspecified atom stereocenters. The number of aromatic hydroxyl groups is 1. The quantitative estimate of drug-likeness (QED) is 0.327. The Hall–Kier alpha value is -2.64. The van der Waals surface area contributed by atoms with Crippen LogP contribution in [0.25, 0.3) is 11.0 Å². The lowest BCUT2D eigenvalue weighted by Crippen LogP contribution is -2.64. The Morgan fingerprint density at radius 3 is 2.50 bits per heavy atom. The molecule has 5 atom stereocenters. The van der Waals surface area contributed by atoms with Crippen molar-refractivity contribution in [3.8, 4) is 5.75 Å². The highest BCUT2D eigenvalue weighted by atomic mass is 19.1. The molecule has 0 bridgehead atoms. The molecule has 6 N–H and O–H groups in total. The van der Waals surface area contributed by atoms with E-state index in [1.807, 2.05) is 0 Å². The standard InChI is InChI=1S/C16H15F2NO9/c17-6-2-4-1-5(15(25)28-13(4)8(18)10(6)21)14(24)19-9-12(23)11(22)7(3-20)27-16(9)26/h1-2,7,9,11-12,16,20-23,26H,3H2,(H,19,24)/t7?,9?,11-,12?,16?/m0/s1. The van der Waals surface area contributed by atoms with Crippen molar-refractivity contribution < 1.29 is 48.3 Å². The Labute approximate surface area is 154 Å². The first-order chi connectivity index (χ1) is 13.1. The number of hydrogen-bond donors (Lipinski definition) is 6. The second kappa shape index (κ2) is 7.41. The van der Waals surface area contributed by atoms with Crippen LogP contribution in [0, 0.1) is 11.6 Å². The number of benzene rings is 1. The van der Waals surface area contributed by atoms with Crippen LogP contribution in [-0.4, -0.2) is 68.7 Å². The van der Waals surface area contributed by atoms with Gasteiger partial charge in [0.1, 0.15) is 29.9 Å². The van der Waals surface area contributed by atoms with Gasteiger partial charge >= 0.3 is 5.63 Å². The summed E-state index contributed by atoms with van der Waals surface area (Å²) in [4.78, 5) is 24.3. The van der Waals surface area contributed by atoms with Crippen molar-refractivity contribution >= 4 is 16.9 Å². The molecule has 10 nitrogen and oxygen atoms in total. The normalized spacial score (nSPS) is 27.7. The van der Waals surface area contributed by atoms with Gasteiger partial charge in [0.2, 0.25) is 5.82 Å². The summed E-state index contributed by atoms with van der Waals surface area (Å²) in [5, 5.41) is 49.6. The Morgan fingerprint density at radius 1 is 1.18 bits per heavy atom. The average molecular weight is 403 g/mol. The van der Waals surface area contributed by atoms with Crippen LogP contribution < -0.4 is 10.9 Å². The number of halogens is 2. The number of ether oxygens (including phenoxy) is 1. The Balaban J connectivity index is 1.92. The van der Waals surface area contributed by atoms with Crippen molar-refractivity contribution in [3.63, 3.8) is 0 Å². The van der Waals surface area contributed by atoms with Crippen LogP contribution in [0.3, 0.4) is 0 Å². The number of rotatable bonds is 3. The number of aliphatic hydroxyl groups is 4. The lowest BCUT2D eigenvalue weighted by molar-refractivity contribution is -0.252. The van der Waals surface area contributed by atoms with Gasteiger partial charge in [-0.05, 0) is 12.1 Å². The van der Waals surface area contributed by atoms with Crippen molar-refractivity contribution in [2.24, 2.45) is 0 Å². The summed E-state index contributed by atoms with van der Waals surface area (Å²) < 4.78 is 36.8. The van der Waals surface area contributed by atoms with Crippen LogP contribution >= 0.6 is 0 Å². The molecule has 0 saturated carbocycles. The van der Waals surface area contributed by atoms with Gasteiger partial charge in [0.15, 0.2) is 23.4 Å². The van der Waals surface area contributed by atoms with Crippen molar-refractivity contribution in [1.29, 1.82) is 0 Å². The number of carbonyl (C=O) groups excluding carboxylic acids is 1. The fourth-order valence-electron chi connectivity index (χ4n) is 2.82. The summed E-state index contributed by atoms with van der Waals surface area (Å²) in [6.07, 6.45) is -6.55. The minimum absolute atomic E-state index is 0.348. The molecule has 2 heterocycles. The number of phenols is 1. The number of aliphatic hydroxyl groups excluding tert-OH is 4. The third-order valence-electron chi connectivity index (χ3n) is 4.33. The van der Waals surface area contributed by atoms with Crippen LogP contribution in [0.15, 0.2) is 21.3 Å². The number of fused-ring (bicyclic) bond motifs is 1. The molecule has 1 aromatic carbocycles. The van der Waals surface area contributed by atoms with Gasteiger partial charge in [0, 0.05) is 5.39 Å². The average Bonchev–Trinajstić information content (AvgIpc) is 2.66. The molecule has 2 aromatic rings. The minimum Gasteiger partial charge on any atom is -0.503 e. The van der Waals surface area contributed by atoms with Gasteiger partial charge in [0.25, 0.3) is 5.91 Å². The van der Waals surface area contributed by atoms with Crippen LogP contribution in [0.2, 0.25) is 0 Å². The second-order valence-electron chi connectivity index (χ2n) is 6.11. The third-order valence-corrected chi connectivity index (χ3v) is 4.33. The van der Waals surface area contributed by atoms with E-state index in [1.54, 1.807) is 0 Å². The van der Waals surface area contributed by atoms with E-state index in [1.165, 1.54) is 0 Å². The highest BCUT2D eigenvalue weighted by Crippen LogP contribution is 2.28. The second-order valence-corrected chi connectivity index (χ2v) is 6.11. The molecule has 1 saturated heterocycles. The summed E-state index contributed by atoms with van der Waals surface area (Å²) in [7, 11) is 0. The maximum Gasteiger partial charge on any atom is 0.349 e. The maximum absolute atomic E-state index is 13.8. The number of nitrogens with one attached hydrogen (secondary N) is 1. The highest BCUT2D eigenvalue weighted by Gasteiger charge is 2.44. The number of carbonyl (C=O) groups is 1. The van der Waals surface area contributed by atoms with E-state index < -0.39 is 77.3 Å². The van der Waals surface area contributed by atoms with E-state index in [-0.39, 0.29) is 5.39 Å². The summed E-state index contributed by atoms with van der Waals surface area (Å²) in [5.74, 6) is -5.43. The molecule has 3 rings (SSSR count). The van der Waals surface area contributed by atoms with Gasteiger partial charge < -0.3 is 40.0 Å². The van der Waals surface area contributed by atoms with E-state index in [0.29, 0.717) is 6.07 Å². The molecule has 1 aromatic heterocycles. The van der Waals surface area contributed by atoms with Crippen LogP contribution in [0.5, 0.6) is 5.75 Å². The molecule has 1 aliphatic rings. The van der Waals surface area contributed by atoms with Crippen molar-refractivity contribution in [3.05, 3.63) is 39.8 Å². The first kappa shape index (κ1) is 20.1. The van der Waals surface area contributed by atoms with Crippen LogP contribution in [0.1, 0.15) is 10.4 Å². The summed E-state index contributed by atoms with van der Waals surface area (Å²) in [6, 6.07) is -0.165. The van der Waals surface area contributed by atoms with E-state index in [4.69, 9.17) is 9.84 Å². The highest BCUT2D eigenvalue weighted by molar-refractivity contribution is 5.97. The first-order valence-electron chi connectivity index (χ1n) is 7.92. The molecule has 152 valence electrons. The maximum atomic E-state index is 13.8. The van der Waals surface area contributed by atoms with E-state index in [9.17, 15) is 38.8 Å². The van der Waals surface area contributed by atoms with Crippen molar-refractivity contribution in [2.45, 2.75) is 30.6 Å². The van der Waals surface area contributed by atoms with E-state index >= 15 is 0 Å². The Kier molecular flexibility index (Phi) is 5.32. The lowest BCUT2D eigenvalue weighted by atomic mass is 9.97. The zero-order valence-corrected chi connectivity index (χ0v) is 13.9. The zero-order valence-electron chi connectivity index (χ0n) is 13.9. The Bertz CT molecular complexity index is 979. The van der Waals surface area contributed by atoms with E-state index in [2.05, 4.69) is 9.73 Å². The predicted octanol–water partition coefficient (Wildman–Crippen LogP) is -1.69. The molecule has 0 spiro atoms. The summed E-state index contributed by atoms with van der Waals surface area (Å²) >= 11 is 0. The van der Waals surface area contributed by atoms with Gasteiger partial charge in [-0.3, -0.25) is 4.79 Å². The van der Waals surface area contributed by atoms with Crippen LogP contribution in [-0.2, 0) is 4.74 Å². The SMILES string of the molecule is O=C(NC1C(O)OC(CO)[C@H](O)C1O)c1cc2cc(F)c(O)c(F)c2oc1=O. The van der Waals surface area contributed by atoms with Gasteiger partial charge in [-0.25, -0.2) is 9.18 Å². The fourth-order valence-corrected chi connectivity index (χ4v) is 2.82. The monoisotopic (exact) mass is 403 g/mol. The van der Waals surface area contributed by atoms with Gasteiger partial charge in [-0.1, -0.05) is 0 Å². The molecule has 1 aliphatic heterocycles. The number of amides is 1. The molecule has 28 heavy (non-hydrogen) atoms.